The Balaban J connectivity index is 2.02. The number of hydrogen-bond acceptors (Lipinski definition) is 6. The van der Waals surface area contributed by atoms with Crippen LogP contribution >= 0.6 is 11.6 Å². The molecule has 0 saturated carbocycles. The van der Waals surface area contributed by atoms with E-state index >= 15 is 0 Å². The van der Waals surface area contributed by atoms with Gasteiger partial charge in [0.2, 0.25) is 5.91 Å². The third kappa shape index (κ3) is 4.55. The van der Waals surface area contributed by atoms with Crippen molar-refractivity contribution < 1.29 is 33.0 Å². The number of imide groups is 1. The van der Waals surface area contributed by atoms with Crippen LogP contribution in [-0.2, 0) is 19.4 Å². The van der Waals surface area contributed by atoms with Crippen LogP contribution in [0.1, 0.15) is 0 Å². The molecule has 31 heavy (non-hydrogen) atoms. The predicted molar refractivity (Wildman–Crippen MR) is 111 cm³/mol. The fourth-order valence-electron chi connectivity index (χ4n) is 3.26. The summed E-state index contributed by atoms with van der Waals surface area (Å²) >= 11 is 5.99. The van der Waals surface area contributed by atoms with Crippen molar-refractivity contribution in [1.29, 1.82) is 0 Å². The Labute approximate surface area is 183 Å². The molecular weight excluding hydrogens is 448 g/mol. The van der Waals surface area contributed by atoms with E-state index in [1.165, 1.54) is 25.2 Å². The van der Waals surface area contributed by atoms with E-state index in [-0.39, 0.29) is 22.0 Å². The van der Waals surface area contributed by atoms with E-state index in [0.717, 1.165) is 4.90 Å². The minimum absolute atomic E-state index is 0.101. The van der Waals surface area contributed by atoms with Gasteiger partial charge in [0.25, 0.3) is 0 Å². The molecule has 1 aliphatic heterocycles. The molecule has 164 valence electrons. The summed E-state index contributed by atoms with van der Waals surface area (Å²) in [6.07, 6.45) is 0. The smallest absolute Gasteiger partial charge is 0.338 e. The minimum atomic E-state index is -4.43. The highest BCUT2D eigenvalue weighted by Gasteiger charge is 2.48. The van der Waals surface area contributed by atoms with Gasteiger partial charge >= 0.3 is 12.0 Å². The van der Waals surface area contributed by atoms with Gasteiger partial charge in [-0.1, -0.05) is 48.0 Å². The van der Waals surface area contributed by atoms with E-state index in [0.29, 0.717) is 10.5 Å². The molecule has 1 heterocycles. The van der Waals surface area contributed by atoms with Gasteiger partial charge < -0.3 is 15.1 Å². The number of sulfone groups is 1. The first-order valence-corrected chi connectivity index (χ1v) is 11.1. The van der Waals surface area contributed by atoms with E-state index in [4.69, 9.17) is 11.6 Å². The molecular formula is C20H19ClN2O7S. The number of hydrogen-bond donors (Lipinski definition) is 2. The number of benzene rings is 2. The van der Waals surface area contributed by atoms with Gasteiger partial charge in [-0.15, -0.1) is 0 Å². The Bertz CT molecular complexity index is 1150. The zero-order chi connectivity index (χ0) is 23.0. The predicted octanol–water partition coefficient (Wildman–Crippen LogP) is 1.49. The highest BCUT2D eigenvalue weighted by molar-refractivity contribution is 7.91. The molecule has 0 aliphatic carbocycles. The van der Waals surface area contributed by atoms with Gasteiger partial charge in [-0.3, -0.25) is 9.69 Å². The van der Waals surface area contributed by atoms with Crippen LogP contribution in [-0.4, -0.2) is 77.8 Å². The van der Waals surface area contributed by atoms with Crippen LogP contribution in [0, 0.1) is 0 Å². The average Bonchev–Trinajstić information content (AvgIpc) is 2.94. The molecule has 1 fully saturated rings. The molecule has 0 radical (unpaired) electrons. The molecule has 1 saturated heterocycles. The van der Waals surface area contributed by atoms with Crippen molar-refractivity contribution in [1.82, 2.24) is 9.80 Å². The lowest BCUT2D eigenvalue weighted by atomic mass is 10.1. The molecule has 2 aromatic carbocycles. The van der Waals surface area contributed by atoms with Crippen LogP contribution in [0.5, 0.6) is 0 Å². The molecule has 1 atom stereocenters. The number of β-amino-alcohol motifs (C(OH)–C–C–N with tert-alkyl or cyclic N) is 1. The quantitative estimate of drug-likeness (QED) is 0.590. The molecule has 3 amide bonds. The lowest BCUT2D eigenvalue weighted by Crippen LogP contribution is -2.55. The molecule has 0 aromatic heterocycles. The average molecular weight is 467 g/mol. The number of carbonyl (C=O) groups excluding carboxylic acids is 2. The van der Waals surface area contributed by atoms with Crippen LogP contribution in [0.4, 0.5) is 4.79 Å². The molecule has 1 aliphatic rings. The van der Waals surface area contributed by atoms with E-state index in [1.54, 1.807) is 30.3 Å². The fraction of sp³-hybridized carbons (Fsp3) is 0.250. The second-order valence-electron chi connectivity index (χ2n) is 7.22. The molecule has 3 rings (SSSR count). The largest absolute Gasteiger partial charge is 0.479 e. The second kappa shape index (κ2) is 8.29. The number of amides is 3. The summed E-state index contributed by atoms with van der Waals surface area (Å²) in [7, 11) is -3.10. The number of rotatable bonds is 7. The maximum atomic E-state index is 13.2. The van der Waals surface area contributed by atoms with Gasteiger partial charge in [0.15, 0.2) is 15.4 Å². The standard InChI is InChI=1S/C20H19ClN2O7S/c1-22-10-17(24)23(19(22)27)11-20(28,18(25)26)12-31(29,30)16-9-14(21)7-8-15(16)13-5-3-2-4-6-13/h2-9,28H,10-12H2,1H3,(H,25,26). The first kappa shape index (κ1) is 22.7. The minimum Gasteiger partial charge on any atom is -0.479 e. The maximum Gasteiger partial charge on any atom is 0.338 e. The molecule has 0 bridgehead atoms. The number of aliphatic hydroxyl groups is 1. The second-order valence-corrected chi connectivity index (χ2v) is 9.62. The van der Waals surface area contributed by atoms with Gasteiger partial charge in [0, 0.05) is 17.6 Å². The molecule has 1 unspecified atom stereocenters. The van der Waals surface area contributed by atoms with Crippen molar-refractivity contribution in [2.24, 2.45) is 0 Å². The highest BCUT2D eigenvalue weighted by Crippen LogP contribution is 2.32. The van der Waals surface area contributed by atoms with E-state index in [2.05, 4.69) is 0 Å². The monoisotopic (exact) mass is 466 g/mol. The normalized spacial score (nSPS) is 16.5. The number of carbonyl (C=O) groups is 3. The number of likely N-dealkylation sites (N-methyl/N-ethyl adjacent to an activating group) is 1. The topological polar surface area (TPSA) is 132 Å². The van der Waals surface area contributed by atoms with Crippen LogP contribution in [0.2, 0.25) is 5.02 Å². The molecule has 11 heteroatoms. The van der Waals surface area contributed by atoms with Crippen LogP contribution in [0.3, 0.4) is 0 Å². The van der Waals surface area contributed by atoms with E-state index in [1.807, 2.05) is 0 Å². The Morgan fingerprint density at radius 3 is 2.35 bits per heavy atom. The number of halogens is 1. The first-order chi connectivity index (χ1) is 14.4. The van der Waals surface area contributed by atoms with E-state index < -0.39 is 45.6 Å². The zero-order valence-corrected chi connectivity index (χ0v) is 17.9. The first-order valence-electron chi connectivity index (χ1n) is 9.03. The van der Waals surface area contributed by atoms with Crippen LogP contribution in [0.25, 0.3) is 11.1 Å². The van der Waals surface area contributed by atoms with Gasteiger partial charge in [0.1, 0.15) is 6.54 Å². The lowest BCUT2D eigenvalue weighted by molar-refractivity contribution is -0.157. The Hall–Kier alpha value is -2.95. The summed E-state index contributed by atoms with van der Waals surface area (Å²) in [6.45, 7) is -1.31. The van der Waals surface area contributed by atoms with Gasteiger partial charge in [-0.2, -0.15) is 0 Å². The zero-order valence-electron chi connectivity index (χ0n) is 16.4. The van der Waals surface area contributed by atoms with Crippen molar-refractivity contribution >= 4 is 39.3 Å². The number of urea groups is 1. The molecule has 0 spiro atoms. The summed E-state index contributed by atoms with van der Waals surface area (Å²) in [5.74, 6) is -3.89. The number of aliphatic carboxylic acids is 1. The van der Waals surface area contributed by atoms with Crippen molar-refractivity contribution in [3.8, 4) is 11.1 Å². The van der Waals surface area contributed by atoms with E-state index in [9.17, 15) is 33.0 Å². The summed E-state index contributed by atoms with van der Waals surface area (Å²) in [5, 5.41) is 20.4. The summed E-state index contributed by atoms with van der Waals surface area (Å²) < 4.78 is 26.4. The van der Waals surface area contributed by atoms with Crippen LogP contribution in [0.15, 0.2) is 53.4 Å². The Kier molecular flexibility index (Phi) is 6.08. The van der Waals surface area contributed by atoms with Crippen LogP contribution < -0.4 is 0 Å². The van der Waals surface area contributed by atoms with Crippen molar-refractivity contribution in [2.75, 3.05) is 25.9 Å². The lowest BCUT2D eigenvalue weighted by Gasteiger charge is -2.27. The fourth-order valence-corrected chi connectivity index (χ4v) is 5.33. The van der Waals surface area contributed by atoms with Crippen molar-refractivity contribution in [3.05, 3.63) is 53.6 Å². The van der Waals surface area contributed by atoms with Crippen molar-refractivity contribution in [2.45, 2.75) is 10.5 Å². The molecule has 2 N–H and O–H groups in total. The molecule has 2 aromatic rings. The summed E-state index contributed by atoms with van der Waals surface area (Å²) in [4.78, 5) is 37.2. The third-order valence-corrected chi connectivity index (χ3v) is 6.94. The number of carboxylic acids is 1. The third-order valence-electron chi connectivity index (χ3n) is 4.84. The van der Waals surface area contributed by atoms with Gasteiger partial charge in [0.05, 0.1) is 17.2 Å². The number of carboxylic acid groups (broad SMARTS) is 1. The Morgan fingerprint density at radius 2 is 1.81 bits per heavy atom. The number of nitrogens with zero attached hydrogens (tertiary/aromatic N) is 2. The highest BCUT2D eigenvalue weighted by atomic mass is 35.5. The Morgan fingerprint density at radius 1 is 1.16 bits per heavy atom. The van der Waals surface area contributed by atoms with Gasteiger partial charge in [-0.25, -0.2) is 18.0 Å². The molecule has 9 nitrogen and oxygen atoms in total. The summed E-state index contributed by atoms with van der Waals surface area (Å²) in [5.41, 5.74) is -2.11. The SMILES string of the molecule is CN1CC(=O)N(CC(O)(CS(=O)(=O)c2cc(Cl)ccc2-c2ccccc2)C(=O)O)C1=O. The van der Waals surface area contributed by atoms with Crippen molar-refractivity contribution in [3.63, 3.8) is 0 Å². The summed E-state index contributed by atoms with van der Waals surface area (Å²) in [6, 6.07) is 11.8. The maximum absolute atomic E-state index is 13.2. The van der Waals surface area contributed by atoms with Gasteiger partial charge in [-0.05, 0) is 17.7 Å².